The van der Waals surface area contributed by atoms with Crippen LogP contribution in [0.4, 0.5) is 24.8 Å². The van der Waals surface area contributed by atoms with E-state index in [2.05, 4.69) is 35.5 Å². The van der Waals surface area contributed by atoms with Crippen molar-refractivity contribution in [3.63, 3.8) is 0 Å². The third-order valence-electron chi connectivity index (χ3n) is 4.66. The number of anilines is 2. The van der Waals surface area contributed by atoms with E-state index < -0.39 is 11.7 Å². The van der Waals surface area contributed by atoms with Gasteiger partial charge in [0.05, 0.1) is 16.5 Å². The highest BCUT2D eigenvalue weighted by atomic mass is 32.1. The molecule has 0 aliphatic rings. The Balaban J connectivity index is 1.73. The molecular weight excluding hydrogens is 427 g/mol. The first-order chi connectivity index (χ1) is 14.9. The van der Waals surface area contributed by atoms with Gasteiger partial charge in [0, 0.05) is 17.1 Å². The van der Waals surface area contributed by atoms with Crippen molar-refractivity contribution in [3.05, 3.63) is 65.1 Å². The van der Waals surface area contributed by atoms with Crippen molar-refractivity contribution in [3.8, 4) is 11.4 Å². The van der Waals surface area contributed by atoms with Gasteiger partial charge < -0.3 is 10.3 Å². The number of alkyl halides is 3. The average Bonchev–Trinajstić information content (AvgIpc) is 3.15. The van der Waals surface area contributed by atoms with Crippen LogP contribution in [0.2, 0.25) is 0 Å². The van der Waals surface area contributed by atoms with E-state index in [1.165, 1.54) is 24.4 Å². The van der Waals surface area contributed by atoms with Crippen LogP contribution in [0.25, 0.3) is 33.3 Å². The molecule has 0 saturated heterocycles. The second kappa shape index (κ2) is 7.13. The summed E-state index contributed by atoms with van der Waals surface area (Å²) >= 11 is 5.06. The van der Waals surface area contributed by atoms with Gasteiger partial charge in [-0.1, -0.05) is 30.3 Å². The molecule has 0 atom stereocenters. The number of aromatic nitrogens is 6. The quantitative estimate of drug-likeness (QED) is 0.326. The molecule has 3 N–H and O–H groups in total. The molecule has 0 bridgehead atoms. The van der Waals surface area contributed by atoms with Crippen molar-refractivity contribution in [2.45, 2.75) is 6.18 Å². The fourth-order valence-corrected chi connectivity index (χ4v) is 3.41. The molecule has 154 valence electrons. The number of para-hydroxylation sites is 1. The average molecular weight is 439 g/mol. The van der Waals surface area contributed by atoms with Gasteiger partial charge in [0.25, 0.3) is 0 Å². The van der Waals surface area contributed by atoms with Crippen molar-refractivity contribution < 1.29 is 13.2 Å². The first-order valence-electron chi connectivity index (χ1n) is 9.04. The van der Waals surface area contributed by atoms with Crippen molar-refractivity contribution in [1.82, 2.24) is 30.1 Å². The van der Waals surface area contributed by atoms with Crippen LogP contribution in [0.15, 0.2) is 54.7 Å². The molecule has 31 heavy (non-hydrogen) atoms. The summed E-state index contributed by atoms with van der Waals surface area (Å²) in [5.74, 6) is 0.598. The molecule has 0 radical (unpaired) electrons. The molecule has 3 heterocycles. The number of hydrogen-bond acceptors (Lipinski definition) is 6. The highest BCUT2D eigenvalue weighted by molar-refractivity contribution is 7.71. The Hall–Kier alpha value is -3.86. The Kier molecular flexibility index (Phi) is 4.40. The normalized spacial score (nSPS) is 11.8. The van der Waals surface area contributed by atoms with Gasteiger partial charge in [0.2, 0.25) is 0 Å². The van der Waals surface area contributed by atoms with Crippen LogP contribution in [-0.4, -0.2) is 30.1 Å². The van der Waals surface area contributed by atoms with E-state index in [1.54, 1.807) is 0 Å². The summed E-state index contributed by atoms with van der Waals surface area (Å²) in [5, 5.41) is 11.5. The number of hydrogen-bond donors (Lipinski definition) is 3. The summed E-state index contributed by atoms with van der Waals surface area (Å²) in [7, 11) is 0. The lowest BCUT2D eigenvalue weighted by atomic mass is 10.1. The van der Waals surface area contributed by atoms with Crippen molar-refractivity contribution in [2.24, 2.45) is 0 Å². The van der Waals surface area contributed by atoms with Crippen LogP contribution in [0.1, 0.15) is 5.56 Å². The van der Waals surface area contributed by atoms with Gasteiger partial charge in [0.1, 0.15) is 11.5 Å². The maximum atomic E-state index is 13.6. The molecule has 2 aromatic carbocycles. The fraction of sp³-hybridized carbons (Fsp3) is 0.0500. The zero-order valence-corrected chi connectivity index (χ0v) is 16.3. The first-order valence-corrected chi connectivity index (χ1v) is 9.45. The fourth-order valence-electron chi connectivity index (χ4n) is 3.26. The third kappa shape index (κ3) is 3.48. The molecule has 0 unspecified atom stereocenters. The molecule has 5 rings (SSSR count). The Morgan fingerprint density at radius 3 is 2.52 bits per heavy atom. The van der Waals surface area contributed by atoms with Crippen molar-refractivity contribution in [2.75, 3.05) is 5.32 Å². The van der Waals surface area contributed by atoms with E-state index in [4.69, 9.17) is 12.2 Å². The molecule has 0 spiro atoms. The topological polar surface area (TPSA) is 95.2 Å². The zero-order valence-electron chi connectivity index (χ0n) is 15.5. The summed E-state index contributed by atoms with van der Waals surface area (Å²) in [6, 6.07) is 12.6. The molecule has 11 heteroatoms. The lowest BCUT2D eigenvalue weighted by Gasteiger charge is -2.14. The minimum Gasteiger partial charge on any atom is -0.322 e. The number of nitrogens with one attached hydrogen (secondary N) is 3. The van der Waals surface area contributed by atoms with Crippen molar-refractivity contribution >= 4 is 45.8 Å². The van der Waals surface area contributed by atoms with E-state index in [0.29, 0.717) is 11.2 Å². The third-order valence-corrected chi connectivity index (χ3v) is 4.87. The number of halogens is 3. The molecule has 3 aromatic heterocycles. The second-order valence-electron chi connectivity index (χ2n) is 6.63. The number of rotatable bonds is 3. The molecule has 0 saturated carbocycles. The molecule has 5 aromatic rings. The van der Waals surface area contributed by atoms with Gasteiger partial charge in [-0.3, -0.25) is 5.10 Å². The SMILES string of the molecule is FC(F)(F)c1ccccc1-c1nc(Nc2n[nH]c3ccccc23)c2cnc(=S)[nH]c2n1. The number of aromatic amines is 2. The van der Waals surface area contributed by atoms with Gasteiger partial charge in [-0.2, -0.15) is 18.3 Å². The van der Waals surface area contributed by atoms with Gasteiger partial charge in [0.15, 0.2) is 16.4 Å². The summed E-state index contributed by atoms with van der Waals surface area (Å²) in [6.45, 7) is 0. The van der Waals surface area contributed by atoms with Gasteiger partial charge in [-0.15, -0.1) is 0 Å². The number of H-pyrrole nitrogens is 2. The van der Waals surface area contributed by atoms with E-state index in [9.17, 15) is 13.2 Å². The molecule has 0 amide bonds. The number of benzene rings is 2. The van der Waals surface area contributed by atoms with Gasteiger partial charge in [-0.25, -0.2) is 15.0 Å². The van der Waals surface area contributed by atoms with E-state index in [-0.39, 0.29) is 27.6 Å². The Labute approximate surface area is 177 Å². The minimum atomic E-state index is -4.56. The molecular formula is C20H12F3N7S. The van der Waals surface area contributed by atoms with Gasteiger partial charge >= 0.3 is 6.18 Å². The van der Waals surface area contributed by atoms with Crippen LogP contribution in [-0.2, 0) is 6.18 Å². The Morgan fingerprint density at radius 1 is 0.903 bits per heavy atom. The largest absolute Gasteiger partial charge is 0.417 e. The van der Waals surface area contributed by atoms with Crippen LogP contribution in [0.3, 0.4) is 0 Å². The smallest absolute Gasteiger partial charge is 0.322 e. The number of fused-ring (bicyclic) bond motifs is 2. The van der Waals surface area contributed by atoms with Crippen LogP contribution >= 0.6 is 12.2 Å². The van der Waals surface area contributed by atoms with E-state index in [0.717, 1.165) is 17.0 Å². The molecule has 0 fully saturated rings. The highest BCUT2D eigenvalue weighted by Crippen LogP contribution is 2.37. The lowest BCUT2D eigenvalue weighted by Crippen LogP contribution is -2.09. The molecule has 7 nitrogen and oxygen atoms in total. The van der Waals surface area contributed by atoms with E-state index >= 15 is 0 Å². The predicted octanol–water partition coefficient (Wildman–Crippen LogP) is 5.39. The molecule has 0 aliphatic heterocycles. The first kappa shape index (κ1) is 19.1. The Morgan fingerprint density at radius 2 is 1.68 bits per heavy atom. The Bertz CT molecular complexity index is 1490. The van der Waals surface area contributed by atoms with Crippen molar-refractivity contribution in [1.29, 1.82) is 0 Å². The molecule has 0 aliphatic carbocycles. The highest BCUT2D eigenvalue weighted by Gasteiger charge is 2.34. The van der Waals surface area contributed by atoms with Crippen LogP contribution in [0, 0.1) is 4.77 Å². The predicted molar refractivity (Wildman–Crippen MR) is 112 cm³/mol. The monoisotopic (exact) mass is 439 g/mol. The van der Waals surface area contributed by atoms with E-state index in [1.807, 2.05) is 24.3 Å². The number of nitrogens with zero attached hydrogens (tertiary/aromatic N) is 4. The second-order valence-corrected chi connectivity index (χ2v) is 7.02. The lowest BCUT2D eigenvalue weighted by molar-refractivity contribution is -0.137. The minimum absolute atomic E-state index is 0.111. The van der Waals surface area contributed by atoms with Crippen LogP contribution in [0.5, 0.6) is 0 Å². The van der Waals surface area contributed by atoms with Gasteiger partial charge in [-0.05, 0) is 30.4 Å². The zero-order chi connectivity index (χ0) is 21.6. The summed E-state index contributed by atoms with van der Waals surface area (Å²) in [4.78, 5) is 15.5. The summed E-state index contributed by atoms with van der Waals surface area (Å²) in [6.07, 6.45) is -3.10. The maximum absolute atomic E-state index is 13.6. The summed E-state index contributed by atoms with van der Waals surface area (Å²) < 4.78 is 40.9. The standard InChI is InChI=1S/C20H12F3N7S/c21-20(22,23)13-7-3-1-5-10(13)15-25-16(12-9-24-19(31)28-17(12)26-15)27-18-11-6-2-4-8-14(11)29-30-18/h1-9H,(H3,24,25,26,27,28,29,30,31). The van der Waals surface area contributed by atoms with Crippen LogP contribution < -0.4 is 5.32 Å². The maximum Gasteiger partial charge on any atom is 0.417 e. The summed E-state index contributed by atoms with van der Waals surface area (Å²) in [5.41, 5.74) is 0.0639.